The van der Waals surface area contributed by atoms with Gasteiger partial charge in [0, 0.05) is 19.1 Å². The SMILES string of the molecule is CN(C)C1CCN(CCCOc2c(F)cc(-c3ccc(C#N)cc3)cc2F)C1. The molecule has 0 radical (unpaired) electrons. The molecular formula is C22H25F2N3O. The van der Waals surface area contributed by atoms with Crippen LogP contribution in [0.15, 0.2) is 36.4 Å². The molecule has 1 heterocycles. The first kappa shape index (κ1) is 20.2. The molecule has 0 amide bonds. The van der Waals surface area contributed by atoms with Crippen molar-refractivity contribution < 1.29 is 13.5 Å². The van der Waals surface area contributed by atoms with Crippen molar-refractivity contribution in [1.82, 2.24) is 9.80 Å². The largest absolute Gasteiger partial charge is 0.488 e. The van der Waals surface area contributed by atoms with Gasteiger partial charge in [-0.2, -0.15) is 5.26 Å². The number of rotatable bonds is 7. The maximum absolute atomic E-state index is 14.4. The van der Waals surface area contributed by atoms with Crippen molar-refractivity contribution in [1.29, 1.82) is 5.26 Å². The molecule has 0 saturated carbocycles. The first-order chi connectivity index (χ1) is 13.5. The summed E-state index contributed by atoms with van der Waals surface area (Å²) in [6.45, 7) is 3.20. The van der Waals surface area contributed by atoms with Gasteiger partial charge in [0.15, 0.2) is 17.4 Å². The van der Waals surface area contributed by atoms with Crippen molar-refractivity contribution >= 4 is 0 Å². The van der Waals surface area contributed by atoms with E-state index in [1.165, 1.54) is 12.1 Å². The van der Waals surface area contributed by atoms with Gasteiger partial charge >= 0.3 is 0 Å². The van der Waals surface area contributed by atoms with Gasteiger partial charge in [-0.1, -0.05) is 12.1 Å². The van der Waals surface area contributed by atoms with Crippen LogP contribution in [0.4, 0.5) is 8.78 Å². The number of hydrogen-bond acceptors (Lipinski definition) is 4. The highest BCUT2D eigenvalue weighted by Crippen LogP contribution is 2.29. The maximum Gasteiger partial charge on any atom is 0.190 e. The lowest BCUT2D eigenvalue weighted by molar-refractivity contribution is 0.233. The van der Waals surface area contributed by atoms with E-state index in [0.717, 1.165) is 32.5 Å². The summed E-state index contributed by atoms with van der Waals surface area (Å²) in [4.78, 5) is 4.59. The molecule has 1 saturated heterocycles. The van der Waals surface area contributed by atoms with E-state index in [1.54, 1.807) is 24.3 Å². The molecule has 1 unspecified atom stereocenters. The molecule has 0 N–H and O–H groups in total. The van der Waals surface area contributed by atoms with Gasteiger partial charge < -0.3 is 14.5 Å². The van der Waals surface area contributed by atoms with Gasteiger partial charge in [0.05, 0.1) is 18.2 Å². The van der Waals surface area contributed by atoms with Crippen molar-refractivity contribution in [3.8, 4) is 22.9 Å². The molecule has 1 atom stereocenters. The molecule has 2 aromatic carbocycles. The van der Waals surface area contributed by atoms with Gasteiger partial charge in [-0.25, -0.2) is 8.78 Å². The average Bonchev–Trinajstić information content (AvgIpc) is 3.16. The molecule has 4 nitrogen and oxygen atoms in total. The van der Waals surface area contributed by atoms with Crippen molar-refractivity contribution in [2.24, 2.45) is 0 Å². The summed E-state index contributed by atoms with van der Waals surface area (Å²) in [5, 5.41) is 8.84. The standard InChI is InChI=1S/C22H25F2N3O/c1-26(2)19-8-10-27(15-19)9-3-11-28-22-20(23)12-18(13-21(22)24)17-6-4-16(14-25)5-7-17/h4-7,12-13,19H,3,8-11,15H2,1-2H3. The van der Waals surface area contributed by atoms with E-state index < -0.39 is 11.6 Å². The van der Waals surface area contributed by atoms with Gasteiger partial charge in [-0.05, 0) is 68.9 Å². The number of nitrogens with zero attached hydrogens (tertiary/aromatic N) is 3. The zero-order chi connectivity index (χ0) is 20.1. The normalized spacial score (nSPS) is 17.1. The Balaban J connectivity index is 1.55. The van der Waals surface area contributed by atoms with Crippen molar-refractivity contribution in [2.75, 3.05) is 40.3 Å². The molecule has 2 aromatic rings. The van der Waals surface area contributed by atoms with Gasteiger partial charge in [0.25, 0.3) is 0 Å². The molecule has 148 valence electrons. The Morgan fingerprint density at radius 2 is 1.82 bits per heavy atom. The van der Waals surface area contributed by atoms with Crippen LogP contribution < -0.4 is 4.74 Å². The third kappa shape index (κ3) is 4.86. The van der Waals surface area contributed by atoms with Crippen LogP contribution in [0.5, 0.6) is 5.75 Å². The first-order valence-electron chi connectivity index (χ1n) is 9.49. The number of benzene rings is 2. The zero-order valence-electron chi connectivity index (χ0n) is 16.3. The maximum atomic E-state index is 14.4. The van der Waals surface area contributed by atoms with Crippen molar-refractivity contribution in [2.45, 2.75) is 18.9 Å². The molecule has 1 fully saturated rings. The Bertz CT molecular complexity index is 823. The molecule has 28 heavy (non-hydrogen) atoms. The van der Waals surface area contributed by atoms with E-state index in [0.29, 0.717) is 22.7 Å². The number of likely N-dealkylation sites (tertiary alicyclic amines) is 1. The van der Waals surface area contributed by atoms with Crippen molar-refractivity contribution in [3.63, 3.8) is 0 Å². The minimum atomic E-state index is -0.715. The van der Waals surface area contributed by atoms with E-state index >= 15 is 0 Å². The highest BCUT2D eigenvalue weighted by atomic mass is 19.1. The van der Waals surface area contributed by atoms with E-state index in [2.05, 4.69) is 23.9 Å². The van der Waals surface area contributed by atoms with Gasteiger partial charge in [0.2, 0.25) is 0 Å². The van der Waals surface area contributed by atoms with Gasteiger partial charge in [-0.15, -0.1) is 0 Å². The number of nitriles is 1. The smallest absolute Gasteiger partial charge is 0.190 e. The van der Waals surface area contributed by atoms with E-state index in [9.17, 15) is 8.78 Å². The predicted octanol–water partition coefficient (Wildman–Crippen LogP) is 3.91. The van der Waals surface area contributed by atoms with Gasteiger partial charge in [-0.3, -0.25) is 0 Å². The minimum absolute atomic E-state index is 0.271. The Morgan fingerprint density at radius 3 is 2.39 bits per heavy atom. The summed E-state index contributed by atoms with van der Waals surface area (Å²) < 4.78 is 34.2. The Kier molecular flexibility index (Phi) is 6.61. The Morgan fingerprint density at radius 1 is 1.14 bits per heavy atom. The lowest BCUT2D eigenvalue weighted by Crippen LogP contribution is -2.32. The molecule has 6 heteroatoms. The molecule has 0 aromatic heterocycles. The summed E-state index contributed by atoms with van der Waals surface area (Å²) in [6, 6.07) is 11.7. The monoisotopic (exact) mass is 385 g/mol. The summed E-state index contributed by atoms with van der Waals surface area (Å²) >= 11 is 0. The summed E-state index contributed by atoms with van der Waals surface area (Å²) in [6.07, 6.45) is 1.87. The van der Waals surface area contributed by atoms with Crippen LogP contribution in [0.3, 0.4) is 0 Å². The quantitative estimate of drug-likeness (QED) is 0.678. The van der Waals surface area contributed by atoms with Crippen LogP contribution >= 0.6 is 0 Å². The van der Waals surface area contributed by atoms with Crippen molar-refractivity contribution in [3.05, 3.63) is 53.6 Å². The first-order valence-corrected chi connectivity index (χ1v) is 9.49. The number of halogens is 2. The van der Waals surface area contributed by atoms with E-state index in [-0.39, 0.29) is 12.4 Å². The fraction of sp³-hybridized carbons (Fsp3) is 0.409. The van der Waals surface area contributed by atoms with E-state index in [4.69, 9.17) is 10.00 Å². The van der Waals surface area contributed by atoms with Crippen LogP contribution in [-0.4, -0.2) is 56.2 Å². The minimum Gasteiger partial charge on any atom is -0.488 e. The summed E-state index contributed by atoms with van der Waals surface area (Å²) in [5.74, 6) is -1.76. The fourth-order valence-corrected chi connectivity index (χ4v) is 3.50. The zero-order valence-corrected chi connectivity index (χ0v) is 16.3. The molecule has 3 rings (SSSR count). The third-order valence-corrected chi connectivity index (χ3v) is 5.19. The van der Waals surface area contributed by atoms with Crippen LogP contribution in [0, 0.1) is 23.0 Å². The predicted molar refractivity (Wildman–Crippen MR) is 105 cm³/mol. The molecule has 0 bridgehead atoms. The highest BCUT2D eigenvalue weighted by molar-refractivity contribution is 5.65. The van der Waals surface area contributed by atoms with Crippen LogP contribution in [-0.2, 0) is 0 Å². The molecular weight excluding hydrogens is 360 g/mol. The van der Waals surface area contributed by atoms with Crippen LogP contribution in [0.2, 0.25) is 0 Å². The average molecular weight is 385 g/mol. The summed E-state index contributed by atoms with van der Waals surface area (Å²) in [7, 11) is 4.18. The molecule has 0 spiro atoms. The highest BCUT2D eigenvalue weighted by Gasteiger charge is 2.23. The lowest BCUT2D eigenvalue weighted by atomic mass is 10.0. The number of hydrogen-bond donors (Lipinski definition) is 0. The topological polar surface area (TPSA) is 39.5 Å². The Hall–Kier alpha value is -2.49. The summed E-state index contributed by atoms with van der Waals surface area (Å²) in [5.41, 5.74) is 1.56. The fourth-order valence-electron chi connectivity index (χ4n) is 3.50. The number of ether oxygens (including phenoxy) is 1. The molecule has 0 aliphatic carbocycles. The Labute approximate surface area is 164 Å². The molecule has 1 aliphatic rings. The second kappa shape index (κ2) is 9.13. The molecule has 1 aliphatic heterocycles. The van der Waals surface area contributed by atoms with Crippen LogP contribution in [0.1, 0.15) is 18.4 Å². The number of likely N-dealkylation sites (N-methyl/N-ethyl adjacent to an activating group) is 1. The second-order valence-electron chi connectivity index (χ2n) is 7.37. The van der Waals surface area contributed by atoms with Gasteiger partial charge in [0.1, 0.15) is 0 Å². The third-order valence-electron chi connectivity index (χ3n) is 5.19. The van der Waals surface area contributed by atoms with E-state index in [1.807, 2.05) is 6.07 Å². The lowest BCUT2D eigenvalue weighted by Gasteiger charge is -2.20. The second-order valence-corrected chi connectivity index (χ2v) is 7.37. The van der Waals surface area contributed by atoms with Crippen LogP contribution in [0.25, 0.3) is 11.1 Å².